The minimum absolute atomic E-state index is 0.137. The third kappa shape index (κ3) is 3.21. The summed E-state index contributed by atoms with van der Waals surface area (Å²) >= 11 is 1.44. The zero-order chi connectivity index (χ0) is 12.0. The van der Waals surface area contributed by atoms with E-state index in [1.165, 1.54) is 11.3 Å². The normalized spacial score (nSPS) is 12.2. The molecule has 0 aliphatic heterocycles. The van der Waals surface area contributed by atoms with Crippen molar-refractivity contribution < 1.29 is 14.6 Å². The summed E-state index contributed by atoms with van der Waals surface area (Å²) in [6.45, 7) is 4.79. The minimum atomic E-state index is -1.03. The van der Waals surface area contributed by atoms with Gasteiger partial charge >= 0.3 is 0 Å². The van der Waals surface area contributed by atoms with Crippen LogP contribution in [0.4, 0.5) is 0 Å². The molecular weight excluding hydrogens is 226 g/mol. The third-order valence-corrected chi connectivity index (χ3v) is 2.70. The first kappa shape index (κ1) is 13.0. The molecule has 1 heterocycles. The van der Waals surface area contributed by atoms with Crippen LogP contribution in [0.3, 0.4) is 0 Å². The molecule has 0 radical (unpaired) electrons. The van der Waals surface area contributed by atoms with E-state index >= 15 is 0 Å². The Balaban J connectivity index is 2.70. The van der Waals surface area contributed by atoms with E-state index in [1.807, 2.05) is 12.3 Å². The molecule has 2 N–H and O–H groups in total. The van der Waals surface area contributed by atoms with Crippen LogP contribution in [0.25, 0.3) is 0 Å². The standard InChI is InChI=1S/C11H17NO3S/c1-3-5-15-9-7-16-6-8(9)10(13)11(12)14-4-2/h6-7,10,12-13H,3-5H2,1-2H3. The highest BCUT2D eigenvalue weighted by Gasteiger charge is 2.20. The summed E-state index contributed by atoms with van der Waals surface area (Å²) in [5.74, 6) is 0.506. The Labute approximate surface area is 99.3 Å². The van der Waals surface area contributed by atoms with E-state index in [-0.39, 0.29) is 5.90 Å². The highest BCUT2D eigenvalue weighted by molar-refractivity contribution is 7.08. The highest BCUT2D eigenvalue weighted by atomic mass is 32.1. The largest absolute Gasteiger partial charge is 0.492 e. The number of aliphatic hydroxyl groups is 1. The predicted molar refractivity (Wildman–Crippen MR) is 64.4 cm³/mol. The van der Waals surface area contributed by atoms with Crippen LogP contribution < -0.4 is 4.74 Å². The van der Waals surface area contributed by atoms with Gasteiger partial charge in [0.25, 0.3) is 0 Å². The van der Waals surface area contributed by atoms with Gasteiger partial charge in [0.05, 0.1) is 13.2 Å². The molecule has 0 aliphatic rings. The zero-order valence-corrected chi connectivity index (χ0v) is 10.3. The van der Waals surface area contributed by atoms with Crippen molar-refractivity contribution in [2.45, 2.75) is 26.4 Å². The molecule has 0 saturated carbocycles. The topological polar surface area (TPSA) is 62.5 Å². The SMILES string of the molecule is CCCOc1cscc1C(O)C(=N)OCC. The Bertz CT molecular complexity index is 338. The first-order valence-electron chi connectivity index (χ1n) is 5.28. The number of hydrogen-bond donors (Lipinski definition) is 2. The van der Waals surface area contributed by atoms with Gasteiger partial charge in [-0.2, -0.15) is 0 Å². The van der Waals surface area contributed by atoms with Crippen LogP contribution in [0.1, 0.15) is 31.9 Å². The fourth-order valence-corrected chi connectivity index (χ4v) is 1.99. The molecule has 0 saturated heterocycles. The van der Waals surface area contributed by atoms with Crippen molar-refractivity contribution in [1.82, 2.24) is 0 Å². The molecular formula is C11H17NO3S. The van der Waals surface area contributed by atoms with Crippen molar-refractivity contribution in [3.8, 4) is 5.75 Å². The fraction of sp³-hybridized carbons (Fsp3) is 0.545. The maximum absolute atomic E-state index is 9.87. The maximum Gasteiger partial charge on any atom is 0.215 e. The van der Waals surface area contributed by atoms with E-state index in [9.17, 15) is 5.11 Å². The molecule has 0 aromatic carbocycles. The number of thiophene rings is 1. The molecule has 5 heteroatoms. The van der Waals surface area contributed by atoms with Gasteiger partial charge in [-0.15, -0.1) is 11.3 Å². The summed E-state index contributed by atoms with van der Waals surface area (Å²) in [7, 11) is 0. The van der Waals surface area contributed by atoms with E-state index in [0.29, 0.717) is 24.5 Å². The van der Waals surface area contributed by atoms with Gasteiger partial charge in [0.2, 0.25) is 5.90 Å². The van der Waals surface area contributed by atoms with E-state index in [1.54, 1.807) is 12.3 Å². The van der Waals surface area contributed by atoms with E-state index in [2.05, 4.69) is 0 Å². The monoisotopic (exact) mass is 243 g/mol. The maximum atomic E-state index is 9.87. The zero-order valence-electron chi connectivity index (χ0n) is 9.53. The van der Waals surface area contributed by atoms with E-state index in [4.69, 9.17) is 14.9 Å². The number of nitrogens with one attached hydrogen (secondary N) is 1. The molecule has 1 aromatic rings. The van der Waals surface area contributed by atoms with Gasteiger partial charge in [-0.25, -0.2) is 0 Å². The van der Waals surface area contributed by atoms with Gasteiger partial charge in [-0.3, -0.25) is 5.41 Å². The quantitative estimate of drug-likeness (QED) is 0.596. The van der Waals surface area contributed by atoms with Gasteiger partial charge in [-0.05, 0) is 13.3 Å². The van der Waals surface area contributed by atoms with Crippen LogP contribution in [0.15, 0.2) is 10.8 Å². The lowest BCUT2D eigenvalue weighted by molar-refractivity contribution is 0.185. The molecule has 1 unspecified atom stereocenters. The first-order valence-corrected chi connectivity index (χ1v) is 6.23. The smallest absolute Gasteiger partial charge is 0.215 e. The second kappa shape index (κ2) is 6.50. The summed E-state index contributed by atoms with van der Waals surface area (Å²) in [5, 5.41) is 21.0. The highest BCUT2D eigenvalue weighted by Crippen LogP contribution is 2.30. The molecule has 4 nitrogen and oxygen atoms in total. The lowest BCUT2D eigenvalue weighted by Crippen LogP contribution is -2.15. The Morgan fingerprint density at radius 3 is 2.88 bits per heavy atom. The second-order valence-electron chi connectivity index (χ2n) is 3.24. The molecule has 1 rings (SSSR count). The summed E-state index contributed by atoms with van der Waals surface area (Å²) < 4.78 is 10.4. The average molecular weight is 243 g/mol. The van der Waals surface area contributed by atoms with Crippen LogP contribution in [0, 0.1) is 5.41 Å². The van der Waals surface area contributed by atoms with Crippen molar-refractivity contribution in [2.75, 3.05) is 13.2 Å². The summed E-state index contributed by atoms with van der Waals surface area (Å²) in [4.78, 5) is 0. The van der Waals surface area contributed by atoms with E-state index in [0.717, 1.165) is 6.42 Å². The van der Waals surface area contributed by atoms with Crippen molar-refractivity contribution in [2.24, 2.45) is 0 Å². The minimum Gasteiger partial charge on any atom is -0.492 e. The van der Waals surface area contributed by atoms with E-state index < -0.39 is 6.10 Å². The Morgan fingerprint density at radius 2 is 2.25 bits per heavy atom. The number of ether oxygens (including phenoxy) is 2. The van der Waals surface area contributed by atoms with Crippen LogP contribution in [0.2, 0.25) is 0 Å². The lowest BCUT2D eigenvalue weighted by Gasteiger charge is -2.13. The van der Waals surface area contributed by atoms with Gasteiger partial charge in [0.1, 0.15) is 5.75 Å². The number of rotatable bonds is 6. The van der Waals surface area contributed by atoms with Gasteiger partial charge in [-0.1, -0.05) is 6.92 Å². The van der Waals surface area contributed by atoms with Crippen LogP contribution >= 0.6 is 11.3 Å². The Hall–Kier alpha value is -1.07. The predicted octanol–water partition coefficient (Wildman–Crippen LogP) is 2.58. The average Bonchev–Trinajstić information content (AvgIpc) is 2.73. The summed E-state index contributed by atoms with van der Waals surface area (Å²) in [6, 6.07) is 0. The molecule has 16 heavy (non-hydrogen) atoms. The van der Waals surface area contributed by atoms with Crippen molar-refractivity contribution in [1.29, 1.82) is 5.41 Å². The molecule has 0 spiro atoms. The summed E-state index contributed by atoms with van der Waals surface area (Å²) in [5.41, 5.74) is 0.608. The molecule has 0 bridgehead atoms. The molecule has 0 fully saturated rings. The van der Waals surface area contributed by atoms with Crippen molar-refractivity contribution >= 4 is 17.2 Å². The first-order chi connectivity index (χ1) is 7.70. The van der Waals surface area contributed by atoms with Crippen LogP contribution in [-0.2, 0) is 4.74 Å². The fourth-order valence-electron chi connectivity index (χ4n) is 1.20. The Morgan fingerprint density at radius 1 is 1.50 bits per heavy atom. The lowest BCUT2D eigenvalue weighted by atomic mass is 10.2. The van der Waals surface area contributed by atoms with Gasteiger partial charge < -0.3 is 14.6 Å². The number of aliphatic hydroxyl groups excluding tert-OH is 1. The Kier molecular flexibility index (Phi) is 5.28. The molecule has 1 atom stereocenters. The number of hydrogen-bond acceptors (Lipinski definition) is 5. The second-order valence-corrected chi connectivity index (χ2v) is 3.98. The third-order valence-electron chi connectivity index (χ3n) is 1.96. The molecule has 0 aliphatic carbocycles. The molecule has 90 valence electrons. The van der Waals surface area contributed by atoms with Gasteiger partial charge in [0, 0.05) is 16.3 Å². The van der Waals surface area contributed by atoms with Crippen molar-refractivity contribution in [3.05, 3.63) is 16.3 Å². The summed E-state index contributed by atoms with van der Waals surface area (Å²) in [6.07, 6.45) is -0.119. The van der Waals surface area contributed by atoms with Crippen LogP contribution in [-0.4, -0.2) is 24.2 Å². The van der Waals surface area contributed by atoms with Gasteiger partial charge in [0.15, 0.2) is 6.10 Å². The van der Waals surface area contributed by atoms with Crippen molar-refractivity contribution in [3.63, 3.8) is 0 Å². The van der Waals surface area contributed by atoms with Crippen LogP contribution in [0.5, 0.6) is 5.75 Å². The molecule has 1 aromatic heterocycles. The molecule has 0 amide bonds.